The Morgan fingerprint density at radius 3 is 2.54 bits per heavy atom. The zero-order chi connectivity index (χ0) is 20.3. The molecule has 1 amide bonds. The molecule has 0 N–H and O–H groups in total. The van der Waals surface area contributed by atoms with E-state index in [0.29, 0.717) is 12.3 Å². The highest BCUT2D eigenvalue weighted by Crippen LogP contribution is 2.21. The summed E-state index contributed by atoms with van der Waals surface area (Å²) in [6.45, 7) is 11.3. The number of halogens is 1. The predicted molar refractivity (Wildman–Crippen MR) is 114 cm³/mol. The predicted octanol–water partition coefficient (Wildman–Crippen LogP) is 3.49. The number of hydrogen-bond acceptors (Lipinski definition) is 5. The Balaban J connectivity index is 1.96. The van der Waals surface area contributed by atoms with Crippen molar-refractivity contribution in [3.63, 3.8) is 0 Å². The van der Waals surface area contributed by atoms with Crippen LogP contribution in [0.1, 0.15) is 35.9 Å². The summed E-state index contributed by atoms with van der Waals surface area (Å²) in [5, 5.41) is 4.42. The third-order valence-corrected chi connectivity index (χ3v) is 5.20. The molecule has 0 saturated carbocycles. The second-order valence-electron chi connectivity index (χ2n) is 6.65. The number of aromatic nitrogens is 4. The Hall–Kier alpha value is -2.32. The first-order valence-corrected chi connectivity index (χ1v) is 10.2. The van der Waals surface area contributed by atoms with E-state index in [1.807, 2.05) is 44.2 Å². The standard InChI is InChI=1S/C20H25BrN6O/c1-5-25(6-2)10-11-26(17-9-7-8-16(21)13-17)19(28)18-23-20-22-14(3)12-15(4)27(20)24-18/h7-9,12-13H,5-6,10-11H2,1-4H3. The minimum atomic E-state index is -0.229. The van der Waals surface area contributed by atoms with Gasteiger partial charge in [-0.25, -0.2) is 9.50 Å². The second-order valence-corrected chi connectivity index (χ2v) is 7.57. The molecule has 1 aromatic carbocycles. The molecular formula is C20H25BrN6O. The maximum atomic E-state index is 13.3. The number of carbonyl (C=O) groups excluding carboxylic acids is 1. The summed E-state index contributed by atoms with van der Waals surface area (Å²) in [5.41, 5.74) is 2.55. The van der Waals surface area contributed by atoms with Crippen LogP contribution >= 0.6 is 15.9 Å². The lowest BCUT2D eigenvalue weighted by Gasteiger charge is -2.26. The molecule has 3 aromatic rings. The molecule has 8 heteroatoms. The summed E-state index contributed by atoms with van der Waals surface area (Å²) in [7, 11) is 0. The summed E-state index contributed by atoms with van der Waals surface area (Å²) in [6, 6.07) is 9.64. The number of benzene rings is 1. The van der Waals surface area contributed by atoms with E-state index in [1.165, 1.54) is 0 Å². The first kappa shape index (κ1) is 20.4. The van der Waals surface area contributed by atoms with Gasteiger partial charge >= 0.3 is 0 Å². The molecule has 0 radical (unpaired) electrons. The number of hydrogen-bond donors (Lipinski definition) is 0. The molecule has 0 spiro atoms. The van der Waals surface area contributed by atoms with E-state index >= 15 is 0 Å². The number of fused-ring (bicyclic) bond motifs is 1. The first-order chi connectivity index (χ1) is 13.4. The average molecular weight is 445 g/mol. The van der Waals surface area contributed by atoms with E-state index < -0.39 is 0 Å². The van der Waals surface area contributed by atoms with Crippen LogP contribution in [0.3, 0.4) is 0 Å². The molecular weight excluding hydrogens is 420 g/mol. The Morgan fingerprint density at radius 2 is 1.86 bits per heavy atom. The van der Waals surface area contributed by atoms with Crippen LogP contribution in [-0.2, 0) is 0 Å². The van der Waals surface area contributed by atoms with Crippen LogP contribution in [0, 0.1) is 13.8 Å². The minimum absolute atomic E-state index is 0.153. The Morgan fingerprint density at radius 1 is 1.11 bits per heavy atom. The summed E-state index contributed by atoms with van der Waals surface area (Å²) < 4.78 is 2.53. The van der Waals surface area contributed by atoms with Crippen LogP contribution in [0.2, 0.25) is 0 Å². The largest absolute Gasteiger partial charge is 0.304 e. The van der Waals surface area contributed by atoms with Gasteiger partial charge in [0.2, 0.25) is 5.82 Å². The van der Waals surface area contributed by atoms with Gasteiger partial charge in [0.15, 0.2) is 0 Å². The van der Waals surface area contributed by atoms with Crippen molar-refractivity contribution < 1.29 is 4.79 Å². The smallest absolute Gasteiger partial charge is 0.298 e. The number of rotatable bonds is 7. The van der Waals surface area contributed by atoms with Gasteiger partial charge in [0.25, 0.3) is 11.7 Å². The highest BCUT2D eigenvalue weighted by atomic mass is 79.9. The molecule has 148 valence electrons. The van der Waals surface area contributed by atoms with Crippen molar-refractivity contribution >= 4 is 33.3 Å². The fourth-order valence-electron chi connectivity index (χ4n) is 3.15. The zero-order valence-electron chi connectivity index (χ0n) is 16.7. The molecule has 0 aliphatic heterocycles. The van der Waals surface area contributed by atoms with Crippen LogP contribution in [0.15, 0.2) is 34.8 Å². The molecule has 0 aliphatic carbocycles. The van der Waals surface area contributed by atoms with Crippen LogP contribution in [0.5, 0.6) is 0 Å². The zero-order valence-corrected chi connectivity index (χ0v) is 18.3. The van der Waals surface area contributed by atoms with Crippen molar-refractivity contribution in [1.29, 1.82) is 0 Å². The van der Waals surface area contributed by atoms with Crippen LogP contribution < -0.4 is 4.90 Å². The van der Waals surface area contributed by atoms with Crippen molar-refractivity contribution in [1.82, 2.24) is 24.5 Å². The minimum Gasteiger partial charge on any atom is -0.304 e. The van der Waals surface area contributed by atoms with Gasteiger partial charge in [0.1, 0.15) is 0 Å². The number of nitrogens with zero attached hydrogens (tertiary/aromatic N) is 6. The van der Waals surface area contributed by atoms with Crippen LogP contribution in [-0.4, -0.2) is 56.6 Å². The highest BCUT2D eigenvalue weighted by molar-refractivity contribution is 9.10. The fraction of sp³-hybridized carbons (Fsp3) is 0.400. The van der Waals surface area contributed by atoms with Gasteiger partial charge in [0.05, 0.1) is 0 Å². The molecule has 2 heterocycles. The van der Waals surface area contributed by atoms with E-state index in [1.54, 1.807) is 9.42 Å². The first-order valence-electron chi connectivity index (χ1n) is 9.43. The Labute approximate surface area is 173 Å². The lowest BCUT2D eigenvalue weighted by atomic mass is 10.2. The third kappa shape index (κ3) is 4.39. The van der Waals surface area contributed by atoms with Crippen molar-refractivity contribution in [3.8, 4) is 0 Å². The quantitative estimate of drug-likeness (QED) is 0.557. The van der Waals surface area contributed by atoms with E-state index in [2.05, 4.69) is 49.7 Å². The maximum Gasteiger partial charge on any atom is 0.298 e. The maximum absolute atomic E-state index is 13.3. The third-order valence-electron chi connectivity index (χ3n) is 4.71. The van der Waals surface area contributed by atoms with Crippen LogP contribution in [0.4, 0.5) is 5.69 Å². The van der Waals surface area contributed by atoms with E-state index in [-0.39, 0.29) is 11.7 Å². The molecule has 0 bridgehead atoms. The number of carbonyl (C=O) groups is 1. The fourth-order valence-corrected chi connectivity index (χ4v) is 3.54. The lowest BCUT2D eigenvalue weighted by Crippen LogP contribution is -2.39. The van der Waals surface area contributed by atoms with Gasteiger partial charge in [-0.15, -0.1) is 5.10 Å². The van der Waals surface area contributed by atoms with Gasteiger partial charge < -0.3 is 9.80 Å². The molecule has 28 heavy (non-hydrogen) atoms. The Kier molecular flexibility index (Phi) is 6.41. The SMILES string of the molecule is CCN(CC)CCN(C(=O)c1nc2nc(C)cc(C)n2n1)c1cccc(Br)c1. The van der Waals surface area contributed by atoms with Crippen molar-refractivity contribution in [3.05, 3.63) is 52.0 Å². The normalized spacial score (nSPS) is 11.4. The molecule has 0 saturated heterocycles. The van der Waals surface area contributed by atoms with Gasteiger partial charge in [-0.2, -0.15) is 4.98 Å². The average Bonchev–Trinajstić information content (AvgIpc) is 3.09. The molecule has 0 atom stereocenters. The number of likely N-dealkylation sites (N-methyl/N-ethyl adjacent to an activating group) is 1. The molecule has 0 unspecified atom stereocenters. The highest BCUT2D eigenvalue weighted by Gasteiger charge is 2.23. The summed E-state index contributed by atoms with van der Waals surface area (Å²) in [5.74, 6) is 0.368. The molecule has 2 aromatic heterocycles. The van der Waals surface area contributed by atoms with E-state index in [4.69, 9.17) is 0 Å². The summed E-state index contributed by atoms with van der Waals surface area (Å²) in [4.78, 5) is 26.1. The van der Waals surface area contributed by atoms with Gasteiger partial charge in [0, 0.05) is 34.6 Å². The monoisotopic (exact) mass is 444 g/mol. The second kappa shape index (κ2) is 8.79. The van der Waals surface area contributed by atoms with Gasteiger partial charge in [-0.3, -0.25) is 4.79 Å². The van der Waals surface area contributed by atoms with Crippen molar-refractivity contribution in [2.45, 2.75) is 27.7 Å². The Bertz CT molecular complexity index is 982. The van der Waals surface area contributed by atoms with Crippen LogP contribution in [0.25, 0.3) is 5.78 Å². The van der Waals surface area contributed by atoms with Gasteiger partial charge in [-0.1, -0.05) is 35.8 Å². The lowest BCUT2D eigenvalue weighted by molar-refractivity contribution is 0.0974. The molecule has 3 rings (SSSR count). The number of anilines is 1. The summed E-state index contributed by atoms with van der Waals surface area (Å²) >= 11 is 3.50. The van der Waals surface area contributed by atoms with Crippen molar-refractivity contribution in [2.24, 2.45) is 0 Å². The van der Waals surface area contributed by atoms with Crippen molar-refractivity contribution in [2.75, 3.05) is 31.1 Å². The summed E-state index contributed by atoms with van der Waals surface area (Å²) in [6.07, 6.45) is 0. The van der Waals surface area contributed by atoms with Gasteiger partial charge in [-0.05, 0) is 51.2 Å². The van der Waals surface area contributed by atoms with E-state index in [0.717, 1.165) is 41.2 Å². The topological polar surface area (TPSA) is 66.6 Å². The number of aryl methyl sites for hydroxylation is 2. The number of amides is 1. The molecule has 7 nitrogen and oxygen atoms in total. The molecule has 0 fully saturated rings. The molecule has 0 aliphatic rings. The van der Waals surface area contributed by atoms with E-state index in [9.17, 15) is 4.79 Å².